The lowest BCUT2D eigenvalue weighted by Crippen LogP contribution is -2.21. The Bertz CT molecular complexity index is 849. The Morgan fingerprint density at radius 3 is 2.68 bits per heavy atom. The van der Waals surface area contributed by atoms with Crippen molar-refractivity contribution in [2.75, 3.05) is 5.32 Å². The zero-order chi connectivity index (χ0) is 20.9. The van der Waals surface area contributed by atoms with Crippen molar-refractivity contribution < 1.29 is 27.9 Å². The van der Waals surface area contributed by atoms with Crippen molar-refractivity contribution in [1.82, 2.24) is 14.8 Å². The Hall–Kier alpha value is -2.91. The molecular formula is C18H21F3N4O3. The van der Waals surface area contributed by atoms with Crippen LogP contribution in [0.1, 0.15) is 31.9 Å². The Labute approximate surface area is 159 Å². The number of pyridine rings is 1. The van der Waals surface area contributed by atoms with Gasteiger partial charge in [0.1, 0.15) is 0 Å². The molecule has 7 nitrogen and oxygen atoms in total. The second kappa shape index (κ2) is 8.85. The minimum Gasteiger partial charge on any atom is -0.475 e. The van der Waals surface area contributed by atoms with Crippen molar-refractivity contribution in [2.45, 2.75) is 38.8 Å². The van der Waals surface area contributed by atoms with Gasteiger partial charge in [-0.15, -0.1) is 0 Å². The number of hydrogen-bond acceptors (Lipinski definition) is 4. The van der Waals surface area contributed by atoms with Crippen LogP contribution in [0.5, 0.6) is 0 Å². The summed E-state index contributed by atoms with van der Waals surface area (Å²) in [5.41, 5.74) is 3.84. The molecule has 2 aromatic heterocycles. The number of amides is 1. The Morgan fingerprint density at radius 2 is 2.04 bits per heavy atom. The molecule has 0 spiro atoms. The summed E-state index contributed by atoms with van der Waals surface area (Å²) in [5, 5.41) is 14.4. The number of anilines is 1. The van der Waals surface area contributed by atoms with Crippen LogP contribution in [0.25, 0.3) is 11.3 Å². The Kier molecular flexibility index (Phi) is 6.76. The number of fused-ring (bicyclic) bond motifs is 4. The lowest BCUT2D eigenvalue weighted by Gasteiger charge is -2.14. The van der Waals surface area contributed by atoms with E-state index in [0.29, 0.717) is 0 Å². The molecule has 152 valence electrons. The molecule has 3 rings (SSSR count). The maximum atomic E-state index is 12.3. The van der Waals surface area contributed by atoms with E-state index in [9.17, 15) is 18.0 Å². The molecule has 3 heterocycles. The number of aliphatic carboxylic acids is 1. The van der Waals surface area contributed by atoms with E-state index in [1.165, 1.54) is 0 Å². The fourth-order valence-electron chi connectivity index (χ4n) is 2.78. The number of nitrogens with one attached hydrogen (secondary N) is 1. The summed E-state index contributed by atoms with van der Waals surface area (Å²) in [7, 11) is 1.89. The van der Waals surface area contributed by atoms with Crippen molar-refractivity contribution in [1.29, 1.82) is 0 Å². The molecule has 1 aliphatic rings. The van der Waals surface area contributed by atoms with E-state index in [4.69, 9.17) is 9.90 Å². The third kappa shape index (κ3) is 5.54. The number of carbonyl (C=O) groups is 2. The topological polar surface area (TPSA) is 97.1 Å². The van der Waals surface area contributed by atoms with Crippen LogP contribution in [0.3, 0.4) is 0 Å². The van der Waals surface area contributed by atoms with Crippen molar-refractivity contribution in [2.24, 2.45) is 13.0 Å². The van der Waals surface area contributed by atoms with Gasteiger partial charge in [0.25, 0.3) is 0 Å². The monoisotopic (exact) mass is 398 g/mol. The summed E-state index contributed by atoms with van der Waals surface area (Å²) >= 11 is 0. The molecule has 10 heteroatoms. The molecule has 1 amide bonds. The highest BCUT2D eigenvalue weighted by atomic mass is 19.4. The van der Waals surface area contributed by atoms with Gasteiger partial charge in [-0.1, -0.05) is 13.3 Å². The zero-order valence-corrected chi connectivity index (χ0v) is 15.5. The second-order valence-corrected chi connectivity index (χ2v) is 6.51. The largest absolute Gasteiger partial charge is 0.490 e. The number of aryl methyl sites for hydroxylation is 2. The van der Waals surface area contributed by atoms with Gasteiger partial charge in [-0.25, -0.2) is 4.79 Å². The number of carbonyl (C=O) groups excluding carboxylic acids is 1. The standard InChI is InChI=1S/C16H20N4O.C2HF3O2/c1-11-5-3-4-6-13-9-12(7-8-17-13)15-14(19-16(11)21)10-18-20(15)2;3-2(4,5)1(6)7/h7-11H,3-6H2,1-2H3,(H,19,21);(H,6,7). The predicted octanol–water partition coefficient (Wildman–Crippen LogP) is 3.42. The molecule has 2 bridgehead atoms. The average Bonchev–Trinajstić information content (AvgIpc) is 2.98. The number of rotatable bonds is 0. The number of nitrogens with zero attached hydrogens (tertiary/aromatic N) is 3. The van der Waals surface area contributed by atoms with Crippen LogP contribution in [0.2, 0.25) is 0 Å². The van der Waals surface area contributed by atoms with Crippen LogP contribution in [0.15, 0.2) is 24.5 Å². The van der Waals surface area contributed by atoms with Crippen molar-refractivity contribution in [3.05, 3.63) is 30.2 Å². The first kappa shape index (κ1) is 21.4. The molecule has 0 fully saturated rings. The molecular weight excluding hydrogens is 377 g/mol. The van der Waals surface area contributed by atoms with E-state index in [-0.39, 0.29) is 11.8 Å². The smallest absolute Gasteiger partial charge is 0.475 e. The fourth-order valence-corrected chi connectivity index (χ4v) is 2.78. The quantitative estimate of drug-likeness (QED) is 0.709. The number of carboxylic acids is 1. The summed E-state index contributed by atoms with van der Waals surface area (Å²) in [6.07, 6.45) is 2.42. The molecule has 1 aliphatic heterocycles. The molecule has 0 saturated carbocycles. The number of halogens is 3. The molecule has 1 atom stereocenters. The van der Waals surface area contributed by atoms with Gasteiger partial charge in [0.15, 0.2) is 0 Å². The summed E-state index contributed by atoms with van der Waals surface area (Å²) in [5.74, 6) is -2.67. The van der Waals surface area contributed by atoms with Gasteiger partial charge in [0.2, 0.25) is 5.91 Å². The first-order valence-corrected chi connectivity index (χ1v) is 8.68. The molecule has 0 aliphatic carbocycles. The first-order valence-electron chi connectivity index (χ1n) is 8.68. The van der Waals surface area contributed by atoms with Crippen LogP contribution in [-0.4, -0.2) is 37.9 Å². The maximum Gasteiger partial charge on any atom is 0.490 e. The van der Waals surface area contributed by atoms with Gasteiger partial charge in [-0.2, -0.15) is 18.3 Å². The van der Waals surface area contributed by atoms with Crippen molar-refractivity contribution in [3.63, 3.8) is 0 Å². The SMILES string of the molecule is CC1CCCCc2cc(ccn2)-c2c(cnn2C)NC1=O.O=C(O)C(F)(F)F. The van der Waals surface area contributed by atoms with Gasteiger partial charge in [-0.05, 0) is 31.4 Å². The molecule has 28 heavy (non-hydrogen) atoms. The highest BCUT2D eigenvalue weighted by Crippen LogP contribution is 2.29. The van der Waals surface area contributed by atoms with E-state index >= 15 is 0 Å². The van der Waals surface area contributed by atoms with Crippen LogP contribution >= 0.6 is 0 Å². The molecule has 0 radical (unpaired) electrons. The van der Waals surface area contributed by atoms with Gasteiger partial charge >= 0.3 is 12.1 Å². The van der Waals surface area contributed by atoms with Gasteiger partial charge in [0.05, 0.1) is 17.6 Å². The summed E-state index contributed by atoms with van der Waals surface area (Å²) in [4.78, 5) is 25.6. The number of aromatic nitrogens is 3. The van der Waals surface area contributed by atoms with Crippen LogP contribution in [0, 0.1) is 5.92 Å². The van der Waals surface area contributed by atoms with E-state index < -0.39 is 12.1 Å². The molecule has 2 aromatic rings. The third-order valence-electron chi connectivity index (χ3n) is 4.30. The fraction of sp³-hybridized carbons (Fsp3) is 0.444. The highest BCUT2D eigenvalue weighted by Gasteiger charge is 2.38. The lowest BCUT2D eigenvalue weighted by molar-refractivity contribution is -0.192. The Balaban J connectivity index is 0.000000345. The maximum absolute atomic E-state index is 12.3. The van der Waals surface area contributed by atoms with Crippen LogP contribution in [0.4, 0.5) is 18.9 Å². The van der Waals surface area contributed by atoms with E-state index in [0.717, 1.165) is 48.3 Å². The number of alkyl halides is 3. The van der Waals surface area contributed by atoms with E-state index in [1.54, 1.807) is 10.9 Å². The predicted molar refractivity (Wildman–Crippen MR) is 95.5 cm³/mol. The summed E-state index contributed by atoms with van der Waals surface area (Å²) in [6, 6.07) is 4.06. The van der Waals surface area contributed by atoms with Crippen LogP contribution in [-0.2, 0) is 23.1 Å². The van der Waals surface area contributed by atoms with Crippen molar-refractivity contribution >= 4 is 17.6 Å². The number of carboxylic acid groups (broad SMARTS) is 1. The highest BCUT2D eigenvalue weighted by molar-refractivity contribution is 5.95. The number of hydrogen-bond donors (Lipinski definition) is 2. The molecule has 0 saturated heterocycles. The summed E-state index contributed by atoms with van der Waals surface area (Å²) < 4.78 is 33.5. The minimum absolute atomic E-state index is 0.0174. The minimum atomic E-state index is -5.08. The molecule has 1 unspecified atom stereocenters. The third-order valence-corrected chi connectivity index (χ3v) is 4.30. The summed E-state index contributed by atoms with van der Waals surface area (Å²) in [6.45, 7) is 1.98. The average molecular weight is 398 g/mol. The van der Waals surface area contributed by atoms with Gasteiger partial charge in [-0.3, -0.25) is 14.5 Å². The van der Waals surface area contributed by atoms with Crippen LogP contribution < -0.4 is 5.32 Å². The molecule has 0 aromatic carbocycles. The van der Waals surface area contributed by atoms with Gasteiger partial charge in [0, 0.05) is 30.4 Å². The normalized spacial score (nSPS) is 17.2. The lowest BCUT2D eigenvalue weighted by atomic mass is 10.00. The molecule has 2 N–H and O–H groups in total. The van der Waals surface area contributed by atoms with Crippen molar-refractivity contribution in [3.8, 4) is 11.3 Å². The second-order valence-electron chi connectivity index (χ2n) is 6.51. The van der Waals surface area contributed by atoms with Gasteiger partial charge < -0.3 is 10.4 Å². The first-order chi connectivity index (χ1) is 13.1. The van der Waals surface area contributed by atoms with E-state index in [1.807, 2.05) is 26.2 Å². The Morgan fingerprint density at radius 1 is 1.36 bits per heavy atom. The zero-order valence-electron chi connectivity index (χ0n) is 15.5. The van der Waals surface area contributed by atoms with E-state index in [2.05, 4.69) is 21.5 Å².